The lowest BCUT2D eigenvalue weighted by atomic mass is 10.2. The molecule has 0 aromatic heterocycles. The molecule has 0 aliphatic rings. The van der Waals surface area contributed by atoms with E-state index in [9.17, 15) is 0 Å². The molecule has 2 heteroatoms. The number of aryl methyl sites for hydroxylation is 1. The van der Waals surface area contributed by atoms with Crippen molar-refractivity contribution in [3.8, 4) is 5.75 Å². The van der Waals surface area contributed by atoms with Crippen molar-refractivity contribution in [1.82, 2.24) is 5.32 Å². The van der Waals surface area contributed by atoms with E-state index >= 15 is 0 Å². The maximum absolute atomic E-state index is 5.69. The Balaban J connectivity index is 2.16. The third-order valence-corrected chi connectivity index (χ3v) is 2.59. The Hall–Kier alpha value is -1.02. The van der Waals surface area contributed by atoms with Gasteiger partial charge in [0.25, 0.3) is 0 Å². The van der Waals surface area contributed by atoms with E-state index in [1.54, 1.807) is 0 Å². The van der Waals surface area contributed by atoms with Gasteiger partial charge in [-0.15, -0.1) is 0 Å². The first kappa shape index (κ1) is 13.0. The van der Waals surface area contributed by atoms with E-state index in [1.165, 1.54) is 12.0 Å². The highest BCUT2D eigenvalue weighted by Crippen LogP contribution is 2.12. The molecular weight excluding hydrogens is 198 g/mol. The van der Waals surface area contributed by atoms with Crippen LogP contribution in [-0.2, 0) is 0 Å². The Morgan fingerprint density at radius 3 is 2.88 bits per heavy atom. The van der Waals surface area contributed by atoms with Gasteiger partial charge in [-0.2, -0.15) is 0 Å². The monoisotopic (exact) mass is 221 g/mol. The second-order valence-electron chi connectivity index (χ2n) is 4.27. The van der Waals surface area contributed by atoms with Crippen molar-refractivity contribution in [2.45, 2.75) is 39.7 Å². The standard InChI is InChI=1S/C14H23NO/c1-4-15-13(3)8-6-10-16-14-9-5-7-12(2)11-14/h5,7,9,11,13,15H,4,6,8,10H2,1-3H3. The molecule has 1 aromatic rings. The van der Waals surface area contributed by atoms with E-state index in [-0.39, 0.29) is 0 Å². The van der Waals surface area contributed by atoms with Gasteiger partial charge in [0, 0.05) is 6.04 Å². The quantitative estimate of drug-likeness (QED) is 0.714. The lowest BCUT2D eigenvalue weighted by Crippen LogP contribution is -2.25. The number of nitrogens with one attached hydrogen (secondary N) is 1. The topological polar surface area (TPSA) is 21.3 Å². The fraction of sp³-hybridized carbons (Fsp3) is 0.571. The first-order chi connectivity index (χ1) is 7.72. The predicted molar refractivity (Wildman–Crippen MR) is 69.0 cm³/mol. The average Bonchev–Trinajstić information content (AvgIpc) is 2.25. The first-order valence-corrected chi connectivity index (χ1v) is 6.15. The largest absolute Gasteiger partial charge is 0.494 e. The van der Waals surface area contributed by atoms with E-state index in [4.69, 9.17) is 4.74 Å². The van der Waals surface area contributed by atoms with Crippen LogP contribution >= 0.6 is 0 Å². The molecule has 0 heterocycles. The molecule has 0 spiro atoms. The Kier molecular flexibility index (Phi) is 5.94. The zero-order chi connectivity index (χ0) is 11.8. The summed E-state index contributed by atoms with van der Waals surface area (Å²) >= 11 is 0. The van der Waals surface area contributed by atoms with Gasteiger partial charge in [0.15, 0.2) is 0 Å². The van der Waals surface area contributed by atoms with Crippen molar-refractivity contribution in [2.75, 3.05) is 13.2 Å². The van der Waals surface area contributed by atoms with Crippen LogP contribution in [0.3, 0.4) is 0 Å². The van der Waals surface area contributed by atoms with Gasteiger partial charge in [-0.25, -0.2) is 0 Å². The molecule has 1 atom stereocenters. The Labute approximate surface area is 99.0 Å². The Morgan fingerprint density at radius 2 is 2.19 bits per heavy atom. The van der Waals surface area contributed by atoms with Crippen molar-refractivity contribution in [1.29, 1.82) is 0 Å². The molecule has 0 bridgehead atoms. The normalized spacial score (nSPS) is 12.4. The van der Waals surface area contributed by atoms with Crippen LogP contribution in [0.4, 0.5) is 0 Å². The van der Waals surface area contributed by atoms with Crippen molar-refractivity contribution in [2.24, 2.45) is 0 Å². The van der Waals surface area contributed by atoms with Gasteiger partial charge in [-0.1, -0.05) is 19.1 Å². The molecule has 1 rings (SSSR count). The lowest BCUT2D eigenvalue weighted by molar-refractivity contribution is 0.298. The van der Waals surface area contributed by atoms with E-state index in [0.29, 0.717) is 6.04 Å². The summed E-state index contributed by atoms with van der Waals surface area (Å²) in [5.41, 5.74) is 1.25. The molecular formula is C14H23NO. The molecule has 1 aromatic carbocycles. The van der Waals surface area contributed by atoms with Gasteiger partial charge in [-0.05, 0) is 50.9 Å². The third kappa shape index (κ3) is 5.17. The van der Waals surface area contributed by atoms with Crippen LogP contribution in [0.25, 0.3) is 0 Å². The second-order valence-corrected chi connectivity index (χ2v) is 4.27. The third-order valence-electron chi connectivity index (χ3n) is 2.59. The fourth-order valence-electron chi connectivity index (χ4n) is 1.74. The number of rotatable bonds is 7. The molecule has 0 amide bonds. The zero-order valence-corrected chi connectivity index (χ0v) is 10.6. The zero-order valence-electron chi connectivity index (χ0n) is 10.6. The minimum Gasteiger partial charge on any atom is -0.494 e. The maximum Gasteiger partial charge on any atom is 0.119 e. The van der Waals surface area contributed by atoms with Crippen molar-refractivity contribution >= 4 is 0 Å². The predicted octanol–water partition coefficient (Wildman–Crippen LogP) is 3.15. The summed E-state index contributed by atoms with van der Waals surface area (Å²) in [6.07, 6.45) is 2.27. The van der Waals surface area contributed by atoms with Crippen molar-refractivity contribution in [3.05, 3.63) is 29.8 Å². The summed E-state index contributed by atoms with van der Waals surface area (Å²) in [7, 11) is 0. The molecule has 1 unspecified atom stereocenters. The van der Waals surface area contributed by atoms with Crippen LogP contribution in [0.1, 0.15) is 32.3 Å². The molecule has 0 saturated heterocycles. The first-order valence-electron chi connectivity index (χ1n) is 6.15. The van der Waals surface area contributed by atoms with Crippen LogP contribution < -0.4 is 10.1 Å². The highest BCUT2D eigenvalue weighted by Gasteiger charge is 1.99. The summed E-state index contributed by atoms with van der Waals surface area (Å²) in [6, 6.07) is 8.80. The summed E-state index contributed by atoms with van der Waals surface area (Å²) < 4.78 is 5.69. The van der Waals surface area contributed by atoms with E-state index in [0.717, 1.165) is 25.3 Å². The van der Waals surface area contributed by atoms with Gasteiger partial charge in [0.2, 0.25) is 0 Å². The molecule has 0 radical (unpaired) electrons. The molecule has 90 valence electrons. The second kappa shape index (κ2) is 7.29. The average molecular weight is 221 g/mol. The van der Waals surface area contributed by atoms with E-state index in [1.807, 2.05) is 12.1 Å². The molecule has 0 saturated carbocycles. The number of benzene rings is 1. The molecule has 1 N–H and O–H groups in total. The van der Waals surface area contributed by atoms with E-state index < -0.39 is 0 Å². The fourth-order valence-corrected chi connectivity index (χ4v) is 1.74. The van der Waals surface area contributed by atoms with Gasteiger partial charge < -0.3 is 10.1 Å². The van der Waals surface area contributed by atoms with Crippen LogP contribution in [0.2, 0.25) is 0 Å². The van der Waals surface area contributed by atoms with Gasteiger partial charge in [0.05, 0.1) is 6.61 Å². The van der Waals surface area contributed by atoms with E-state index in [2.05, 4.69) is 38.2 Å². The number of hydrogen-bond acceptors (Lipinski definition) is 2. The van der Waals surface area contributed by atoms with Gasteiger partial charge >= 0.3 is 0 Å². The maximum atomic E-state index is 5.69. The summed E-state index contributed by atoms with van der Waals surface area (Å²) in [6.45, 7) is 8.29. The Bertz CT molecular complexity index is 299. The van der Waals surface area contributed by atoms with Crippen molar-refractivity contribution in [3.63, 3.8) is 0 Å². The van der Waals surface area contributed by atoms with Gasteiger partial charge in [0.1, 0.15) is 5.75 Å². The van der Waals surface area contributed by atoms with Crippen LogP contribution in [0.5, 0.6) is 5.75 Å². The molecule has 0 fully saturated rings. The summed E-state index contributed by atoms with van der Waals surface area (Å²) in [4.78, 5) is 0. The van der Waals surface area contributed by atoms with Crippen molar-refractivity contribution < 1.29 is 4.74 Å². The summed E-state index contributed by atoms with van der Waals surface area (Å²) in [5.74, 6) is 0.983. The summed E-state index contributed by atoms with van der Waals surface area (Å²) in [5, 5.41) is 3.40. The van der Waals surface area contributed by atoms with Crippen LogP contribution in [-0.4, -0.2) is 19.2 Å². The smallest absolute Gasteiger partial charge is 0.119 e. The number of hydrogen-bond donors (Lipinski definition) is 1. The molecule has 0 aliphatic heterocycles. The molecule has 16 heavy (non-hydrogen) atoms. The van der Waals surface area contributed by atoms with Gasteiger partial charge in [-0.3, -0.25) is 0 Å². The highest BCUT2D eigenvalue weighted by molar-refractivity contribution is 5.27. The Morgan fingerprint density at radius 1 is 1.38 bits per heavy atom. The highest BCUT2D eigenvalue weighted by atomic mass is 16.5. The van der Waals surface area contributed by atoms with Crippen LogP contribution in [0.15, 0.2) is 24.3 Å². The lowest BCUT2D eigenvalue weighted by Gasteiger charge is -2.12. The molecule has 0 aliphatic carbocycles. The minimum absolute atomic E-state index is 0.589. The van der Waals surface area contributed by atoms with Crippen LogP contribution in [0, 0.1) is 6.92 Å². The number of ether oxygens (including phenoxy) is 1. The minimum atomic E-state index is 0.589. The SMILES string of the molecule is CCNC(C)CCCOc1cccc(C)c1. The molecule has 2 nitrogen and oxygen atoms in total.